The van der Waals surface area contributed by atoms with Crippen LogP contribution in [0.15, 0.2) is 66.7 Å². The van der Waals surface area contributed by atoms with Crippen LogP contribution in [-0.4, -0.2) is 58.6 Å². The van der Waals surface area contributed by atoms with E-state index in [1.807, 2.05) is 24.2 Å². The van der Waals surface area contributed by atoms with Crippen molar-refractivity contribution in [2.75, 3.05) is 41.8 Å². The number of carbonyl (C=O) groups is 1. The molecule has 49 heavy (non-hydrogen) atoms. The van der Waals surface area contributed by atoms with E-state index in [-0.39, 0.29) is 6.42 Å². The van der Waals surface area contributed by atoms with Crippen LogP contribution in [-0.2, 0) is 40.1 Å². The number of carboxylic acid groups (broad SMARTS) is 1. The van der Waals surface area contributed by atoms with E-state index in [0.717, 1.165) is 93.4 Å². The highest BCUT2D eigenvalue weighted by Crippen LogP contribution is 2.49. The number of nitrogens with zero attached hydrogens (tertiary/aromatic N) is 2. The molecule has 8 nitrogen and oxygen atoms in total. The molecule has 0 spiro atoms. The Morgan fingerprint density at radius 3 is 2.24 bits per heavy atom. The predicted molar refractivity (Wildman–Crippen MR) is 199 cm³/mol. The van der Waals surface area contributed by atoms with E-state index >= 15 is 0 Å². The van der Waals surface area contributed by atoms with Crippen LogP contribution in [0.2, 0.25) is 0 Å². The Kier molecular flexibility index (Phi) is 11.2. The van der Waals surface area contributed by atoms with Gasteiger partial charge in [-0.2, -0.15) is 0 Å². The molecule has 4 aromatic carbocycles. The highest BCUT2D eigenvalue weighted by molar-refractivity contribution is 7.85. The van der Waals surface area contributed by atoms with Gasteiger partial charge in [0.2, 0.25) is 0 Å². The van der Waals surface area contributed by atoms with E-state index in [1.165, 1.54) is 5.69 Å². The minimum atomic E-state index is -1.33. The third-order valence-electron chi connectivity index (χ3n) is 8.68. The average molecular weight is 685 g/mol. The van der Waals surface area contributed by atoms with Gasteiger partial charge in [-0.05, 0) is 110 Å². The lowest BCUT2D eigenvalue weighted by Gasteiger charge is -2.35. The maximum Gasteiger partial charge on any atom is 0.307 e. The lowest BCUT2D eigenvalue weighted by molar-refractivity contribution is -0.136. The molecule has 1 saturated heterocycles. The lowest BCUT2D eigenvalue weighted by Crippen LogP contribution is -2.36. The Hall–Kier alpha value is -4.18. The predicted octanol–water partition coefficient (Wildman–Crippen LogP) is 7.38. The normalized spacial score (nSPS) is 14.7. The molecule has 260 valence electrons. The van der Waals surface area contributed by atoms with Crippen molar-refractivity contribution >= 4 is 28.3 Å². The first-order chi connectivity index (χ1) is 23.2. The number of morpholine rings is 1. The van der Waals surface area contributed by atoms with E-state index in [1.54, 1.807) is 27.0 Å². The van der Waals surface area contributed by atoms with Crippen molar-refractivity contribution in [2.45, 2.75) is 66.7 Å². The van der Waals surface area contributed by atoms with E-state index in [4.69, 9.17) is 14.6 Å². The number of rotatable bonds is 8. The van der Waals surface area contributed by atoms with Crippen molar-refractivity contribution in [2.24, 2.45) is 0 Å². The Labute approximate surface area is 292 Å². The molecular weight excluding hydrogens is 637 g/mol. The minimum absolute atomic E-state index is 0.111. The summed E-state index contributed by atoms with van der Waals surface area (Å²) in [6, 6.07) is 22.8. The monoisotopic (exact) mass is 684 g/mol. The summed E-state index contributed by atoms with van der Waals surface area (Å²) >= 11 is 0. The molecule has 1 fully saturated rings. The van der Waals surface area contributed by atoms with Crippen molar-refractivity contribution in [3.05, 3.63) is 100 Å². The number of ether oxygens (including phenoxy) is 2. The summed E-state index contributed by atoms with van der Waals surface area (Å²) in [4.78, 5) is 14.4. The highest BCUT2D eigenvalue weighted by atomic mass is 32.2. The summed E-state index contributed by atoms with van der Waals surface area (Å²) in [5.74, 6) is -0.139. The highest BCUT2D eigenvalue weighted by Gasteiger charge is 2.32. The van der Waals surface area contributed by atoms with Crippen LogP contribution in [0.5, 0.6) is 5.75 Å². The second-order valence-corrected chi connectivity index (χ2v) is 15.1. The number of anilines is 2. The Morgan fingerprint density at radius 1 is 0.939 bits per heavy atom. The van der Waals surface area contributed by atoms with E-state index in [0.29, 0.717) is 13.2 Å². The second-order valence-electron chi connectivity index (χ2n) is 13.8. The molecule has 0 saturated carbocycles. The van der Waals surface area contributed by atoms with Gasteiger partial charge in [-0.3, -0.25) is 9.10 Å². The molecule has 2 aliphatic heterocycles. The molecule has 1 unspecified atom stereocenters. The van der Waals surface area contributed by atoms with E-state index in [9.17, 15) is 14.1 Å². The SMILES string of the molecule is CC(C)(C)O.Cc1ccc(-c2c(C)c3c(c(C)c2CC(=O)O)N(S(C)=O)Cc2cc(OCc4cccc(N5CCOCC5)c4)ccc2-3)cc1. The third kappa shape index (κ3) is 8.71. The number of carboxylic acids is 1. The zero-order valence-electron chi connectivity index (χ0n) is 29.6. The van der Waals surface area contributed by atoms with Gasteiger partial charge in [-0.25, -0.2) is 4.21 Å². The number of aliphatic carboxylic acids is 1. The van der Waals surface area contributed by atoms with Gasteiger partial charge >= 0.3 is 5.97 Å². The van der Waals surface area contributed by atoms with E-state index in [2.05, 4.69) is 72.5 Å². The molecule has 0 amide bonds. The lowest BCUT2D eigenvalue weighted by atomic mass is 9.81. The summed E-state index contributed by atoms with van der Waals surface area (Å²) in [7, 11) is -1.33. The molecule has 2 heterocycles. The van der Waals surface area contributed by atoms with Gasteiger partial charge in [0.1, 0.15) is 23.3 Å². The smallest absolute Gasteiger partial charge is 0.307 e. The number of hydrogen-bond acceptors (Lipinski definition) is 6. The maximum atomic E-state index is 13.2. The van der Waals surface area contributed by atoms with Gasteiger partial charge in [0.15, 0.2) is 0 Å². The fourth-order valence-corrected chi connectivity index (χ4v) is 7.30. The topological polar surface area (TPSA) is 99.5 Å². The second kappa shape index (κ2) is 15.2. The van der Waals surface area contributed by atoms with Crippen LogP contribution in [0.3, 0.4) is 0 Å². The molecule has 1 atom stereocenters. The molecule has 0 radical (unpaired) electrons. The van der Waals surface area contributed by atoms with Crippen LogP contribution in [0.4, 0.5) is 11.4 Å². The van der Waals surface area contributed by atoms with Crippen molar-refractivity contribution in [1.82, 2.24) is 0 Å². The summed E-state index contributed by atoms with van der Waals surface area (Å²) < 4.78 is 26.9. The van der Waals surface area contributed by atoms with Crippen LogP contribution in [0.1, 0.15) is 54.2 Å². The third-order valence-corrected chi connectivity index (χ3v) is 9.61. The quantitative estimate of drug-likeness (QED) is 0.200. The number of benzene rings is 4. The van der Waals surface area contributed by atoms with Crippen molar-refractivity contribution < 1.29 is 28.7 Å². The molecule has 0 bridgehead atoms. The zero-order valence-corrected chi connectivity index (χ0v) is 30.4. The van der Waals surface area contributed by atoms with Gasteiger partial charge in [0.25, 0.3) is 0 Å². The minimum Gasteiger partial charge on any atom is -0.489 e. The van der Waals surface area contributed by atoms with Gasteiger partial charge in [0.05, 0.1) is 37.5 Å². The maximum absolute atomic E-state index is 13.2. The molecule has 0 aromatic heterocycles. The summed E-state index contributed by atoms with van der Waals surface area (Å²) in [5, 5.41) is 18.4. The molecule has 6 rings (SSSR count). The fraction of sp³-hybridized carbons (Fsp3) is 0.375. The average Bonchev–Trinajstić information content (AvgIpc) is 3.05. The summed E-state index contributed by atoms with van der Waals surface area (Å²) in [6.45, 7) is 15.4. The number of fused-ring (bicyclic) bond motifs is 3. The first-order valence-corrected chi connectivity index (χ1v) is 18.2. The van der Waals surface area contributed by atoms with Crippen LogP contribution >= 0.6 is 0 Å². The van der Waals surface area contributed by atoms with Crippen LogP contribution in [0, 0.1) is 20.8 Å². The number of hydrogen-bond donors (Lipinski definition) is 2. The van der Waals surface area contributed by atoms with Crippen LogP contribution in [0.25, 0.3) is 22.3 Å². The molecule has 4 aromatic rings. The van der Waals surface area contributed by atoms with Gasteiger partial charge in [0, 0.05) is 30.6 Å². The first kappa shape index (κ1) is 36.1. The van der Waals surface area contributed by atoms with Gasteiger partial charge in [-0.1, -0.05) is 48.0 Å². The largest absolute Gasteiger partial charge is 0.489 e. The molecule has 0 aliphatic carbocycles. The number of aryl methyl sites for hydroxylation is 1. The summed E-state index contributed by atoms with van der Waals surface area (Å²) in [6.07, 6.45) is 1.57. The van der Waals surface area contributed by atoms with Crippen molar-refractivity contribution in [1.29, 1.82) is 0 Å². The molecular formula is C40H48N2O6S. The first-order valence-electron chi connectivity index (χ1n) is 16.7. The van der Waals surface area contributed by atoms with Crippen LogP contribution < -0.4 is 13.9 Å². The number of aliphatic hydroxyl groups is 1. The van der Waals surface area contributed by atoms with Gasteiger partial charge < -0.3 is 24.6 Å². The van der Waals surface area contributed by atoms with E-state index < -0.39 is 22.6 Å². The van der Waals surface area contributed by atoms with Gasteiger partial charge in [-0.15, -0.1) is 0 Å². The zero-order chi connectivity index (χ0) is 35.5. The molecule has 9 heteroatoms. The summed E-state index contributed by atoms with van der Waals surface area (Å²) in [5.41, 5.74) is 11.3. The Morgan fingerprint density at radius 2 is 1.61 bits per heavy atom. The van der Waals surface area contributed by atoms with Crippen molar-refractivity contribution in [3.63, 3.8) is 0 Å². The Bertz CT molecular complexity index is 1840. The molecule has 2 aliphatic rings. The fourth-order valence-electron chi connectivity index (χ4n) is 6.49. The molecule has 2 N–H and O–H groups in total. The standard InChI is InChI=1S/C36H38N2O5S.C4H10O/c1-23-8-10-27(11-9-23)34-25(3)35-31-13-12-30(43-22-26-6-5-7-29(18-26)37-14-16-42-17-15-37)19-28(31)21-38(44(4)41)36(35)24(2)32(34)20-33(39)40;1-4(2,3)5/h5-13,18-19H,14-17,20-22H2,1-4H3,(H,39,40);5H,1-3H3. The Balaban J connectivity index is 0.000000874. The van der Waals surface area contributed by atoms with Crippen molar-refractivity contribution in [3.8, 4) is 28.0 Å².